The molecule has 0 bridgehead atoms. The molecule has 0 aliphatic rings. The Morgan fingerprint density at radius 1 is 1.25 bits per heavy atom. The van der Waals surface area contributed by atoms with Gasteiger partial charge in [0.05, 0.1) is 0 Å². The fourth-order valence-corrected chi connectivity index (χ4v) is 1.75. The van der Waals surface area contributed by atoms with Gasteiger partial charge in [0.15, 0.2) is 5.96 Å². The molecule has 20 heavy (non-hydrogen) atoms. The van der Waals surface area contributed by atoms with E-state index in [0.29, 0.717) is 24.6 Å². The molecular weight excluding hydrogens is 320 g/mol. The monoisotopic (exact) mass is 340 g/mol. The van der Waals surface area contributed by atoms with Gasteiger partial charge in [-0.25, -0.2) is 0 Å². The van der Waals surface area contributed by atoms with E-state index in [1.54, 1.807) is 12.1 Å². The van der Waals surface area contributed by atoms with Gasteiger partial charge in [0, 0.05) is 29.7 Å². The highest BCUT2D eigenvalue weighted by Crippen LogP contribution is 2.10. The van der Waals surface area contributed by atoms with Crippen molar-refractivity contribution < 1.29 is 4.79 Å². The first kappa shape index (κ1) is 16.5. The van der Waals surface area contributed by atoms with Gasteiger partial charge in [0.25, 0.3) is 5.91 Å². The molecule has 110 valence electrons. The molecule has 1 aromatic rings. The topological polar surface area (TPSA) is 79.5 Å². The van der Waals surface area contributed by atoms with Crippen LogP contribution in [-0.2, 0) is 0 Å². The number of aliphatic imine (C=N–C) groups is 1. The standard InChI is InChI=1S/C14H21BrN4O/c1-2-3-8-18-14(16)19-10-9-17-13(20)11-4-6-12(15)7-5-11/h4-7H,2-3,8-10H2,1H3,(H,17,20)(H3,16,18,19). The Balaban J connectivity index is 2.22. The van der Waals surface area contributed by atoms with E-state index < -0.39 is 0 Å². The number of amides is 1. The smallest absolute Gasteiger partial charge is 0.251 e. The van der Waals surface area contributed by atoms with E-state index in [1.165, 1.54) is 0 Å². The van der Waals surface area contributed by atoms with Crippen molar-refractivity contribution >= 4 is 27.8 Å². The van der Waals surface area contributed by atoms with E-state index in [4.69, 9.17) is 5.73 Å². The van der Waals surface area contributed by atoms with Crippen molar-refractivity contribution in [3.63, 3.8) is 0 Å². The summed E-state index contributed by atoms with van der Waals surface area (Å²) in [6, 6.07) is 7.22. The SMILES string of the molecule is CCCCN=C(N)NCCNC(=O)c1ccc(Br)cc1. The predicted molar refractivity (Wildman–Crippen MR) is 85.9 cm³/mol. The third-order valence-electron chi connectivity index (χ3n) is 2.62. The van der Waals surface area contributed by atoms with Crippen molar-refractivity contribution in [2.45, 2.75) is 19.8 Å². The Morgan fingerprint density at radius 2 is 1.90 bits per heavy atom. The molecule has 0 atom stereocenters. The molecule has 1 rings (SSSR count). The normalized spacial score (nSPS) is 11.2. The number of carbonyl (C=O) groups is 1. The van der Waals surface area contributed by atoms with Gasteiger partial charge in [-0.15, -0.1) is 0 Å². The molecule has 0 unspecified atom stereocenters. The number of nitrogens with one attached hydrogen (secondary N) is 2. The third kappa shape index (κ3) is 6.56. The summed E-state index contributed by atoms with van der Waals surface area (Å²) in [5, 5.41) is 5.78. The number of carbonyl (C=O) groups excluding carboxylic acids is 1. The van der Waals surface area contributed by atoms with Gasteiger partial charge in [-0.3, -0.25) is 9.79 Å². The fraction of sp³-hybridized carbons (Fsp3) is 0.429. The minimum atomic E-state index is -0.0965. The van der Waals surface area contributed by atoms with Crippen LogP contribution in [0.4, 0.5) is 0 Å². The first-order valence-electron chi connectivity index (χ1n) is 6.71. The van der Waals surface area contributed by atoms with Crippen molar-refractivity contribution in [2.75, 3.05) is 19.6 Å². The highest BCUT2D eigenvalue weighted by Gasteiger charge is 2.03. The molecule has 4 N–H and O–H groups in total. The Labute approximate surface area is 128 Å². The van der Waals surface area contributed by atoms with E-state index >= 15 is 0 Å². The molecule has 6 heteroatoms. The largest absolute Gasteiger partial charge is 0.370 e. The van der Waals surface area contributed by atoms with Crippen LogP contribution < -0.4 is 16.4 Å². The van der Waals surface area contributed by atoms with Crippen molar-refractivity contribution in [1.82, 2.24) is 10.6 Å². The lowest BCUT2D eigenvalue weighted by Gasteiger charge is -2.07. The number of nitrogens with two attached hydrogens (primary N) is 1. The molecular formula is C14H21BrN4O. The molecule has 0 aromatic heterocycles. The van der Waals surface area contributed by atoms with Crippen molar-refractivity contribution in [2.24, 2.45) is 10.7 Å². The maximum atomic E-state index is 11.8. The summed E-state index contributed by atoms with van der Waals surface area (Å²) in [7, 11) is 0. The zero-order chi connectivity index (χ0) is 14.8. The molecule has 0 heterocycles. The van der Waals surface area contributed by atoms with Gasteiger partial charge in [-0.2, -0.15) is 0 Å². The quantitative estimate of drug-likeness (QED) is 0.402. The number of guanidine groups is 1. The van der Waals surface area contributed by atoms with Crippen LogP contribution in [0.5, 0.6) is 0 Å². The number of hydrogen-bond acceptors (Lipinski definition) is 2. The van der Waals surface area contributed by atoms with Gasteiger partial charge >= 0.3 is 0 Å². The van der Waals surface area contributed by atoms with Gasteiger partial charge < -0.3 is 16.4 Å². The number of unbranched alkanes of at least 4 members (excludes halogenated alkanes) is 1. The minimum Gasteiger partial charge on any atom is -0.370 e. The van der Waals surface area contributed by atoms with Crippen molar-refractivity contribution in [1.29, 1.82) is 0 Å². The predicted octanol–water partition coefficient (Wildman–Crippen LogP) is 1.88. The average molecular weight is 341 g/mol. The number of rotatable bonds is 7. The second kappa shape index (κ2) is 9.36. The molecule has 0 spiro atoms. The molecule has 0 aliphatic carbocycles. The second-order valence-electron chi connectivity index (χ2n) is 4.31. The van der Waals surface area contributed by atoms with Crippen molar-refractivity contribution in [3.05, 3.63) is 34.3 Å². The summed E-state index contributed by atoms with van der Waals surface area (Å²) in [6.07, 6.45) is 2.13. The zero-order valence-corrected chi connectivity index (χ0v) is 13.2. The Morgan fingerprint density at radius 3 is 2.55 bits per heavy atom. The Hall–Kier alpha value is -1.56. The van der Waals surface area contributed by atoms with Crippen LogP contribution in [0, 0.1) is 0 Å². The molecule has 0 saturated heterocycles. The van der Waals surface area contributed by atoms with Crippen LogP contribution in [-0.4, -0.2) is 31.5 Å². The molecule has 0 radical (unpaired) electrons. The lowest BCUT2D eigenvalue weighted by atomic mass is 10.2. The van der Waals surface area contributed by atoms with E-state index in [0.717, 1.165) is 23.9 Å². The van der Waals surface area contributed by atoms with Crippen LogP contribution in [0.15, 0.2) is 33.7 Å². The Bertz CT molecular complexity index is 445. The second-order valence-corrected chi connectivity index (χ2v) is 5.23. The van der Waals surface area contributed by atoms with Crippen LogP contribution in [0.1, 0.15) is 30.1 Å². The number of hydrogen-bond donors (Lipinski definition) is 3. The zero-order valence-electron chi connectivity index (χ0n) is 11.7. The average Bonchev–Trinajstić information content (AvgIpc) is 2.44. The van der Waals surface area contributed by atoms with E-state index in [9.17, 15) is 4.79 Å². The molecule has 1 aromatic carbocycles. The first-order valence-corrected chi connectivity index (χ1v) is 7.50. The van der Waals surface area contributed by atoms with E-state index in [2.05, 4.69) is 38.5 Å². The van der Waals surface area contributed by atoms with Crippen molar-refractivity contribution in [3.8, 4) is 0 Å². The minimum absolute atomic E-state index is 0.0965. The Kier molecular flexibility index (Phi) is 7.72. The fourth-order valence-electron chi connectivity index (χ4n) is 1.48. The van der Waals surface area contributed by atoms with Gasteiger partial charge in [0.2, 0.25) is 0 Å². The summed E-state index contributed by atoms with van der Waals surface area (Å²) in [6.45, 7) is 3.90. The van der Waals surface area contributed by atoms with Crippen LogP contribution in [0.3, 0.4) is 0 Å². The van der Waals surface area contributed by atoms with Gasteiger partial charge in [0.1, 0.15) is 0 Å². The van der Waals surface area contributed by atoms with Crippen LogP contribution in [0.25, 0.3) is 0 Å². The summed E-state index contributed by atoms with van der Waals surface area (Å²) < 4.78 is 0.951. The summed E-state index contributed by atoms with van der Waals surface area (Å²) in [5.41, 5.74) is 6.32. The third-order valence-corrected chi connectivity index (χ3v) is 3.15. The number of halogens is 1. The molecule has 0 aliphatic heterocycles. The molecule has 5 nitrogen and oxygen atoms in total. The van der Waals surface area contributed by atoms with E-state index in [1.807, 2.05) is 12.1 Å². The molecule has 0 fully saturated rings. The highest BCUT2D eigenvalue weighted by molar-refractivity contribution is 9.10. The van der Waals surface area contributed by atoms with Crippen LogP contribution in [0.2, 0.25) is 0 Å². The summed E-state index contributed by atoms with van der Waals surface area (Å²) in [4.78, 5) is 16.0. The highest BCUT2D eigenvalue weighted by atomic mass is 79.9. The molecule has 1 amide bonds. The summed E-state index contributed by atoms with van der Waals surface area (Å²) >= 11 is 3.33. The maximum Gasteiger partial charge on any atom is 0.251 e. The van der Waals surface area contributed by atoms with Gasteiger partial charge in [-0.05, 0) is 30.7 Å². The lowest BCUT2D eigenvalue weighted by molar-refractivity contribution is 0.0954. The number of benzene rings is 1. The first-order chi connectivity index (χ1) is 9.63. The van der Waals surface area contributed by atoms with Gasteiger partial charge in [-0.1, -0.05) is 29.3 Å². The molecule has 0 saturated carbocycles. The van der Waals surface area contributed by atoms with E-state index in [-0.39, 0.29) is 5.91 Å². The maximum absolute atomic E-state index is 11.8. The van der Waals surface area contributed by atoms with Crippen LogP contribution >= 0.6 is 15.9 Å². The summed E-state index contributed by atoms with van der Waals surface area (Å²) in [5.74, 6) is 0.331. The number of nitrogens with zero attached hydrogens (tertiary/aromatic N) is 1. The lowest BCUT2D eigenvalue weighted by Crippen LogP contribution is -2.38.